The first-order valence-electron chi connectivity index (χ1n) is 4.97. The number of nitrogens with one attached hydrogen (secondary N) is 1. The number of nitrogens with zero attached hydrogens (tertiary/aromatic N) is 1. The molecule has 3 nitrogen and oxygen atoms in total. The van der Waals surface area contributed by atoms with Crippen molar-refractivity contribution in [3.05, 3.63) is 0 Å². The number of amides is 2. The van der Waals surface area contributed by atoms with Crippen molar-refractivity contribution in [3.63, 3.8) is 0 Å². The fourth-order valence-electron chi connectivity index (χ4n) is 2.19. The summed E-state index contributed by atoms with van der Waals surface area (Å²) in [6.45, 7) is 1.78. The molecule has 2 rings (SSSR count). The summed E-state index contributed by atoms with van der Waals surface area (Å²) >= 11 is 0. The Hall–Kier alpha value is -0.870. The molecule has 0 aromatic heterocycles. The van der Waals surface area contributed by atoms with E-state index in [1.807, 2.05) is 0 Å². The molecule has 0 bridgehead atoms. The van der Waals surface area contributed by atoms with Gasteiger partial charge >= 0.3 is 6.03 Å². The number of urea groups is 1. The van der Waals surface area contributed by atoms with Crippen molar-refractivity contribution in [1.29, 1.82) is 0 Å². The molecule has 1 atom stereocenters. The SMILES string of the molecule is O=C1NCCN1CC1CCC(F)(F)C1. The van der Waals surface area contributed by atoms with Crippen LogP contribution < -0.4 is 5.32 Å². The Bertz CT molecular complexity index is 245. The zero-order valence-corrected chi connectivity index (χ0v) is 7.93. The largest absolute Gasteiger partial charge is 0.336 e. The molecule has 0 aromatic carbocycles. The maximum absolute atomic E-state index is 12.8. The zero-order chi connectivity index (χ0) is 10.2. The van der Waals surface area contributed by atoms with Gasteiger partial charge in [0, 0.05) is 32.5 Å². The van der Waals surface area contributed by atoms with E-state index in [9.17, 15) is 13.6 Å². The zero-order valence-electron chi connectivity index (χ0n) is 7.93. The third-order valence-electron chi connectivity index (χ3n) is 2.93. The van der Waals surface area contributed by atoms with Crippen molar-refractivity contribution in [1.82, 2.24) is 10.2 Å². The molecule has 1 aliphatic carbocycles. The van der Waals surface area contributed by atoms with Gasteiger partial charge in [0.25, 0.3) is 0 Å². The van der Waals surface area contributed by atoms with Gasteiger partial charge in [0.05, 0.1) is 0 Å². The standard InChI is InChI=1S/C9H14F2N2O/c10-9(11)2-1-7(5-9)6-13-4-3-12-8(13)14/h7H,1-6H2,(H,12,14). The van der Waals surface area contributed by atoms with Gasteiger partial charge in [-0.15, -0.1) is 0 Å². The molecule has 2 amide bonds. The van der Waals surface area contributed by atoms with E-state index in [4.69, 9.17) is 0 Å². The quantitative estimate of drug-likeness (QED) is 0.725. The number of carbonyl (C=O) groups excluding carboxylic acids is 1. The summed E-state index contributed by atoms with van der Waals surface area (Å²) in [5, 5.41) is 2.66. The van der Waals surface area contributed by atoms with E-state index in [1.165, 1.54) is 0 Å². The molecule has 0 aromatic rings. The molecule has 14 heavy (non-hydrogen) atoms. The molecular weight excluding hydrogens is 190 g/mol. The van der Waals surface area contributed by atoms with Crippen molar-refractivity contribution in [3.8, 4) is 0 Å². The molecule has 1 heterocycles. The van der Waals surface area contributed by atoms with Crippen LogP contribution in [0.2, 0.25) is 0 Å². The number of hydrogen-bond acceptors (Lipinski definition) is 1. The molecule has 2 fully saturated rings. The second-order valence-corrected chi connectivity index (χ2v) is 4.14. The molecule has 0 spiro atoms. The van der Waals surface area contributed by atoms with Crippen molar-refractivity contribution in [2.45, 2.75) is 25.2 Å². The number of carbonyl (C=O) groups is 1. The third-order valence-corrected chi connectivity index (χ3v) is 2.93. The van der Waals surface area contributed by atoms with Crippen LogP contribution in [-0.2, 0) is 0 Å². The van der Waals surface area contributed by atoms with Crippen LogP contribution in [0.15, 0.2) is 0 Å². The fourth-order valence-corrected chi connectivity index (χ4v) is 2.19. The van der Waals surface area contributed by atoms with Gasteiger partial charge in [-0.2, -0.15) is 0 Å². The minimum Gasteiger partial charge on any atom is -0.336 e. The Labute approximate surface area is 81.4 Å². The molecule has 80 valence electrons. The number of alkyl halides is 2. The van der Waals surface area contributed by atoms with Crippen molar-refractivity contribution < 1.29 is 13.6 Å². The van der Waals surface area contributed by atoms with Gasteiger partial charge in [-0.25, -0.2) is 13.6 Å². The topological polar surface area (TPSA) is 32.3 Å². The van der Waals surface area contributed by atoms with Crippen LogP contribution in [0.1, 0.15) is 19.3 Å². The summed E-state index contributed by atoms with van der Waals surface area (Å²) in [5.74, 6) is -2.52. The Morgan fingerprint density at radius 2 is 2.36 bits per heavy atom. The highest BCUT2D eigenvalue weighted by Crippen LogP contribution is 2.39. The van der Waals surface area contributed by atoms with E-state index in [2.05, 4.69) is 5.32 Å². The monoisotopic (exact) mass is 204 g/mol. The lowest BCUT2D eigenvalue weighted by Gasteiger charge is -2.18. The van der Waals surface area contributed by atoms with E-state index in [0.29, 0.717) is 26.1 Å². The molecule has 2 aliphatic rings. The average molecular weight is 204 g/mol. The smallest absolute Gasteiger partial charge is 0.317 e. The lowest BCUT2D eigenvalue weighted by atomic mass is 10.1. The summed E-state index contributed by atoms with van der Waals surface area (Å²) in [7, 11) is 0. The predicted molar refractivity (Wildman–Crippen MR) is 47.3 cm³/mol. The number of hydrogen-bond donors (Lipinski definition) is 1. The first kappa shape index (κ1) is 9.68. The summed E-state index contributed by atoms with van der Waals surface area (Å²) in [5.41, 5.74) is 0. The highest BCUT2D eigenvalue weighted by atomic mass is 19.3. The molecule has 1 N–H and O–H groups in total. The highest BCUT2D eigenvalue weighted by Gasteiger charge is 2.40. The molecule has 1 aliphatic heterocycles. The first-order chi connectivity index (χ1) is 6.57. The Morgan fingerprint density at radius 1 is 1.57 bits per heavy atom. The molecule has 1 unspecified atom stereocenters. The number of rotatable bonds is 2. The molecule has 1 saturated heterocycles. The lowest BCUT2D eigenvalue weighted by molar-refractivity contribution is 0.00411. The van der Waals surface area contributed by atoms with Crippen LogP contribution in [0, 0.1) is 5.92 Å². The van der Waals surface area contributed by atoms with Gasteiger partial charge in [-0.3, -0.25) is 0 Å². The highest BCUT2D eigenvalue weighted by molar-refractivity contribution is 5.76. The van der Waals surface area contributed by atoms with Crippen molar-refractivity contribution in [2.75, 3.05) is 19.6 Å². The van der Waals surface area contributed by atoms with Crippen molar-refractivity contribution >= 4 is 6.03 Å². The van der Waals surface area contributed by atoms with E-state index in [0.717, 1.165) is 0 Å². The van der Waals surface area contributed by atoms with E-state index < -0.39 is 5.92 Å². The van der Waals surface area contributed by atoms with Gasteiger partial charge in [0.15, 0.2) is 0 Å². The number of halogens is 2. The second kappa shape index (κ2) is 3.37. The van der Waals surface area contributed by atoms with Gasteiger partial charge in [0.2, 0.25) is 5.92 Å². The minimum absolute atomic E-state index is 0.0196. The molecule has 5 heteroatoms. The summed E-state index contributed by atoms with van der Waals surface area (Å²) in [6, 6.07) is -0.111. The van der Waals surface area contributed by atoms with Crippen LogP contribution >= 0.6 is 0 Å². The van der Waals surface area contributed by atoms with E-state index >= 15 is 0 Å². The van der Waals surface area contributed by atoms with Crippen LogP contribution in [0.5, 0.6) is 0 Å². The average Bonchev–Trinajstić information content (AvgIpc) is 2.61. The van der Waals surface area contributed by atoms with E-state index in [-0.39, 0.29) is 24.8 Å². The van der Waals surface area contributed by atoms with Gasteiger partial charge in [-0.1, -0.05) is 0 Å². The van der Waals surface area contributed by atoms with E-state index in [1.54, 1.807) is 4.90 Å². The predicted octanol–water partition coefficient (Wildman–Crippen LogP) is 1.45. The lowest BCUT2D eigenvalue weighted by Crippen LogP contribution is -2.32. The van der Waals surface area contributed by atoms with Gasteiger partial charge < -0.3 is 10.2 Å². The Morgan fingerprint density at radius 3 is 2.86 bits per heavy atom. The normalized spacial score (nSPS) is 30.9. The third kappa shape index (κ3) is 1.96. The van der Waals surface area contributed by atoms with Gasteiger partial charge in [0.1, 0.15) is 0 Å². The Kier molecular flexibility index (Phi) is 2.33. The minimum atomic E-state index is -2.50. The Balaban J connectivity index is 1.84. The summed E-state index contributed by atoms with van der Waals surface area (Å²) in [6.07, 6.45) is 0.459. The van der Waals surface area contributed by atoms with Crippen LogP contribution in [0.4, 0.5) is 13.6 Å². The van der Waals surface area contributed by atoms with Crippen LogP contribution in [0.25, 0.3) is 0 Å². The van der Waals surface area contributed by atoms with Crippen molar-refractivity contribution in [2.24, 2.45) is 5.92 Å². The van der Waals surface area contributed by atoms with Gasteiger partial charge in [-0.05, 0) is 12.3 Å². The maximum atomic E-state index is 12.8. The van der Waals surface area contributed by atoms with Crippen LogP contribution in [-0.4, -0.2) is 36.5 Å². The molecule has 0 radical (unpaired) electrons. The second-order valence-electron chi connectivity index (χ2n) is 4.14. The maximum Gasteiger partial charge on any atom is 0.317 e. The fraction of sp³-hybridized carbons (Fsp3) is 0.889. The van der Waals surface area contributed by atoms with Crippen LogP contribution in [0.3, 0.4) is 0 Å². The molecule has 1 saturated carbocycles. The first-order valence-corrected chi connectivity index (χ1v) is 4.97. The summed E-state index contributed by atoms with van der Waals surface area (Å²) < 4.78 is 25.7. The molecular formula is C9H14F2N2O. The summed E-state index contributed by atoms with van der Waals surface area (Å²) in [4.78, 5) is 12.8.